The first kappa shape index (κ1) is 15.6. The van der Waals surface area contributed by atoms with Gasteiger partial charge in [-0.25, -0.2) is 4.98 Å². The lowest BCUT2D eigenvalue weighted by atomic mass is 9.97. The molecule has 2 aromatic heterocycles. The lowest BCUT2D eigenvalue weighted by Crippen LogP contribution is -2.43. The minimum absolute atomic E-state index is 0.0437. The maximum Gasteiger partial charge on any atom is 0.289 e. The van der Waals surface area contributed by atoms with E-state index in [-0.39, 0.29) is 11.9 Å². The number of rotatable bonds is 5. The smallest absolute Gasteiger partial charge is 0.289 e. The first-order valence-corrected chi connectivity index (χ1v) is 8.10. The average Bonchev–Trinajstić information content (AvgIpc) is 3.21. The summed E-state index contributed by atoms with van der Waals surface area (Å²) in [5, 5.41) is 0. The van der Waals surface area contributed by atoms with E-state index in [1.165, 1.54) is 7.11 Å². The van der Waals surface area contributed by atoms with Crippen molar-refractivity contribution in [3.05, 3.63) is 36.1 Å². The number of aromatic nitrogens is 2. The van der Waals surface area contributed by atoms with Crippen molar-refractivity contribution in [3.63, 3.8) is 0 Å². The Morgan fingerprint density at radius 1 is 1.43 bits per heavy atom. The summed E-state index contributed by atoms with van der Waals surface area (Å²) in [6, 6.07) is 3.61. The fraction of sp³-hybridized carbons (Fsp3) is 0.529. The number of hydrogen-bond donors (Lipinski definition) is 0. The van der Waals surface area contributed by atoms with Gasteiger partial charge in [0.25, 0.3) is 11.9 Å². The molecule has 1 fully saturated rings. The van der Waals surface area contributed by atoms with E-state index < -0.39 is 0 Å². The monoisotopic (exact) mass is 317 g/mol. The summed E-state index contributed by atoms with van der Waals surface area (Å²) in [5.41, 5.74) is 0. The Labute approximate surface area is 136 Å². The van der Waals surface area contributed by atoms with Crippen molar-refractivity contribution >= 4 is 5.91 Å². The Balaban J connectivity index is 1.68. The average molecular weight is 317 g/mol. The van der Waals surface area contributed by atoms with Crippen molar-refractivity contribution in [2.24, 2.45) is 7.05 Å². The number of hydrogen-bond acceptors (Lipinski definition) is 4. The predicted molar refractivity (Wildman–Crippen MR) is 85.5 cm³/mol. The topological polar surface area (TPSA) is 60.5 Å². The van der Waals surface area contributed by atoms with Crippen molar-refractivity contribution in [2.45, 2.75) is 38.1 Å². The largest absolute Gasteiger partial charge is 0.468 e. The summed E-state index contributed by atoms with van der Waals surface area (Å²) in [7, 11) is 3.53. The number of aryl methyl sites for hydroxylation is 2. The third-order valence-electron chi connectivity index (χ3n) is 4.50. The Hall–Kier alpha value is -2.24. The molecule has 0 unspecified atom stereocenters. The molecule has 1 aliphatic heterocycles. The number of amides is 1. The normalized spacial score (nSPS) is 18.2. The Morgan fingerprint density at radius 3 is 3.00 bits per heavy atom. The molecule has 1 aliphatic rings. The summed E-state index contributed by atoms with van der Waals surface area (Å²) in [5.74, 6) is 1.74. The number of imidazole rings is 1. The van der Waals surface area contributed by atoms with E-state index in [2.05, 4.69) is 4.98 Å². The van der Waals surface area contributed by atoms with E-state index in [1.807, 2.05) is 28.9 Å². The number of methoxy groups -OCH3 is 1. The van der Waals surface area contributed by atoms with E-state index >= 15 is 0 Å². The highest BCUT2D eigenvalue weighted by Gasteiger charge is 2.29. The number of furan rings is 1. The van der Waals surface area contributed by atoms with Crippen molar-refractivity contribution in [1.29, 1.82) is 0 Å². The van der Waals surface area contributed by atoms with Gasteiger partial charge in [0, 0.05) is 44.5 Å². The van der Waals surface area contributed by atoms with Crippen molar-refractivity contribution in [1.82, 2.24) is 14.5 Å². The Bertz CT molecular complexity index is 662. The first-order valence-electron chi connectivity index (χ1n) is 8.10. The highest BCUT2D eigenvalue weighted by atomic mass is 16.6. The van der Waals surface area contributed by atoms with Crippen LogP contribution in [0.3, 0.4) is 0 Å². The van der Waals surface area contributed by atoms with Crippen LogP contribution in [0.4, 0.5) is 0 Å². The van der Waals surface area contributed by atoms with Crippen LogP contribution in [0.1, 0.15) is 42.1 Å². The van der Waals surface area contributed by atoms with Crippen LogP contribution < -0.4 is 4.74 Å². The van der Waals surface area contributed by atoms with Gasteiger partial charge >= 0.3 is 0 Å². The van der Waals surface area contributed by atoms with Gasteiger partial charge in [-0.2, -0.15) is 0 Å². The maximum atomic E-state index is 12.7. The molecule has 0 N–H and O–H groups in total. The molecular formula is C17H23N3O3. The van der Waals surface area contributed by atoms with Crippen LogP contribution in [-0.2, 0) is 13.5 Å². The van der Waals surface area contributed by atoms with E-state index in [9.17, 15) is 4.79 Å². The Kier molecular flexibility index (Phi) is 4.69. The number of ether oxygens (including phenoxy) is 1. The van der Waals surface area contributed by atoms with Crippen molar-refractivity contribution < 1.29 is 13.9 Å². The molecule has 0 aromatic carbocycles. The van der Waals surface area contributed by atoms with Crippen molar-refractivity contribution in [2.75, 3.05) is 13.7 Å². The predicted octanol–water partition coefficient (Wildman–Crippen LogP) is 2.65. The van der Waals surface area contributed by atoms with Crippen LogP contribution in [0, 0.1) is 0 Å². The number of carbonyl (C=O) groups excluding carboxylic acids is 1. The number of carbonyl (C=O) groups is 1. The summed E-state index contributed by atoms with van der Waals surface area (Å²) in [4.78, 5) is 19.0. The number of nitrogens with zero attached hydrogens (tertiary/aromatic N) is 3. The van der Waals surface area contributed by atoms with Gasteiger partial charge in [-0.1, -0.05) is 0 Å². The van der Waals surface area contributed by atoms with Gasteiger partial charge in [-0.05, 0) is 31.7 Å². The molecule has 1 atom stereocenters. The van der Waals surface area contributed by atoms with Gasteiger partial charge in [0.05, 0.1) is 7.11 Å². The van der Waals surface area contributed by atoms with E-state index in [1.54, 1.807) is 12.1 Å². The standard InChI is InChI=1S/C17H23N3O3/c1-19-12-10-18-15(19)8-6-13-5-3-4-11-20(13)17(21)14-7-9-16(22-2)23-14/h7,9-10,12-13H,3-6,8,11H2,1-2H3/t13-/m1/s1. The molecule has 6 nitrogen and oxygen atoms in total. The van der Waals surface area contributed by atoms with Gasteiger partial charge in [0.15, 0.2) is 5.76 Å². The van der Waals surface area contributed by atoms with Gasteiger partial charge < -0.3 is 18.6 Å². The SMILES string of the molecule is COc1ccc(C(=O)N2CCCC[C@@H]2CCc2nccn2C)o1. The van der Waals surface area contributed by atoms with Crippen LogP contribution >= 0.6 is 0 Å². The molecule has 23 heavy (non-hydrogen) atoms. The molecular weight excluding hydrogens is 294 g/mol. The molecule has 1 saturated heterocycles. The van der Waals surface area contributed by atoms with Crippen LogP contribution in [0.5, 0.6) is 5.95 Å². The zero-order valence-electron chi connectivity index (χ0n) is 13.7. The third-order valence-corrected chi connectivity index (χ3v) is 4.50. The van der Waals surface area contributed by atoms with Gasteiger partial charge in [0.1, 0.15) is 5.82 Å². The highest BCUT2D eigenvalue weighted by Crippen LogP contribution is 2.25. The summed E-state index contributed by atoms with van der Waals surface area (Å²) < 4.78 is 12.5. The van der Waals surface area contributed by atoms with Crippen LogP contribution in [0.25, 0.3) is 0 Å². The van der Waals surface area contributed by atoms with Gasteiger partial charge in [-0.15, -0.1) is 0 Å². The number of piperidine rings is 1. The molecule has 2 aromatic rings. The van der Waals surface area contributed by atoms with Crippen LogP contribution in [0.2, 0.25) is 0 Å². The minimum atomic E-state index is -0.0437. The molecule has 3 heterocycles. The maximum absolute atomic E-state index is 12.7. The van der Waals surface area contributed by atoms with Crippen molar-refractivity contribution in [3.8, 4) is 5.95 Å². The molecule has 6 heteroatoms. The first-order chi connectivity index (χ1) is 11.2. The summed E-state index contributed by atoms with van der Waals surface area (Å²) in [6.45, 7) is 0.785. The van der Waals surface area contributed by atoms with E-state index in [4.69, 9.17) is 9.15 Å². The highest BCUT2D eigenvalue weighted by molar-refractivity contribution is 5.92. The molecule has 0 radical (unpaired) electrons. The molecule has 3 rings (SSSR count). The second-order valence-corrected chi connectivity index (χ2v) is 5.96. The lowest BCUT2D eigenvalue weighted by molar-refractivity contribution is 0.0563. The third kappa shape index (κ3) is 3.41. The fourth-order valence-corrected chi connectivity index (χ4v) is 3.19. The zero-order chi connectivity index (χ0) is 16.2. The molecule has 0 bridgehead atoms. The van der Waals surface area contributed by atoms with E-state index in [0.717, 1.165) is 44.5 Å². The Morgan fingerprint density at radius 2 is 2.30 bits per heavy atom. The zero-order valence-corrected chi connectivity index (χ0v) is 13.7. The van der Waals surface area contributed by atoms with E-state index in [0.29, 0.717) is 11.7 Å². The summed E-state index contributed by atoms with van der Waals surface area (Å²) >= 11 is 0. The van der Waals surface area contributed by atoms with Gasteiger partial charge in [-0.3, -0.25) is 4.79 Å². The summed E-state index contributed by atoms with van der Waals surface area (Å²) in [6.07, 6.45) is 8.81. The fourth-order valence-electron chi connectivity index (χ4n) is 3.19. The molecule has 1 amide bonds. The second-order valence-electron chi connectivity index (χ2n) is 5.96. The molecule has 0 spiro atoms. The number of likely N-dealkylation sites (tertiary alicyclic amines) is 1. The lowest BCUT2D eigenvalue weighted by Gasteiger charge is -2.35. The minimum Gasteiger partial charge on any atom is -0.468 e. The van der Waals surface area contributed by atoms with Crippen LogP contribution in [0.15, 0.2) is 28.9 Å². The molecule has 0 saturated carbocycles. The second kappa shape index (κ2) is 6.89. The van der Waals surface area contributed by atoms with Crippen LogP contribution in [-0.4, -0.2) is 40.1 Å². The quantitative estimate of drug-likeness (QED) is 0.850. The molecule has 0 aliphatic carbocycles. The molecule has 124 valence electrons. The van der Waals surface area contributed by atoms with Gasteiger partial charge in [0.2, 0.25) is 0 Å².